The predicted octanol–water partition coefficient (Wildman–Crippen LogP) is -0.0472. The van der Waals surface area contributed by atoms with Crippen LogP contribution in [0, 0.1) is 11.8 Å². The molecule has 21 heavy (non-hydrogen) atoms. The van der Waals surface area contributed by atoms with Crippen molar-refractivity contribution >= 4 is 17.8 Å². The molecule has 0 fully saturated rings. The Kier molecular flexibility index (Phi) is 8.61. The van der Waals surface area contributed by atoms with E-state index in [1.54, 1.807) is 13.8 Å². The molecule has 0 aromatic rings. The van der Waals surface area contributed by atoms with Crippen molar-refractivity contribution in [2.24, 2.45) is 17.6 Å². The van der Waals surface area contributed by atoms with Crippen molar-refractivity contribution in [2.75, 3.05) is 6.61 Å². The van der Waals surface area contributed by atoms with Crippen molar-refractivity contribution in [3.05, 3.63) is 0 Å². The zero-order valence-electron chi connectivity index (χ0n) is 13.1. The molecule has 0 radical (unpaired) electrons. The van der Waals surface area contributed by atoms with Gasteiger partial charge in [-0.15, -0.1) is 0 Å². The Hall–Kier alpha value is -1.63. The maximum absolute atomic E-state index is 11.8. The monoisotopic (exact) mass is 302 g/mol. The molecule has 0 saturated heterocycles. The number of hydrogen-bond acceptors (Lipinski definition) is 5. The quantitative estimate of drug-likeness (QED) is 0.516. The van der Waals surface area contributed by atoms with E-state index in [1.165, 1.54) is 0 Å². The summed E-state index contributed by atoms with van der Waals surface area (Å²) in [4.78, 5) is 34.7. The van der Waals surface area contributed by atoms with Crippen LogP contribution in [0.25, 0.3) is 0 Å². The molecule has 4 N–H and O–H groups in total. The fourth-order valence-corrected chi connectivity index (χ4v) is 1.80. The van der Waals surface area contributed by atoms with Crippen LogP contribution in [0.5, 0.6) is 0 Å². The smallest absolute Gasteiger partial charge is 0.308 e. The van der Waals surface area contributed by atoms with Crippen LogP contribution >= 0.6 is 0 Å². The molecule has 0 bridgehead atoms. The molecule has 2 amide bonds. The topological polar surface area (TPSA) is 119 Å². The minimum Gasteiger partial charge on any atom is -0.466 e. The number of primary amides is 1. The first-order valence-corrected chi connectivity index (χ1v) is 7.13. The minimum atomic E-state index is -1.20. The molecular formula is C14H26N2O5. The van der Waals surface area contributed by atoms with Crippen molar-refractivity contribution in [2.45, 2.75) is 52.7 Å². The first-order valence-electron chi connectivity index (χ1n) is 7.13. The lowest BCUT2D eigenvalue weighted by Gasteiger charge is -2.21. The van der Waals surface area contributed by atoms with E-state index in [1.807, 2.05) is 13.8 Å². The predicted molar refractivity (Wildman–Crippen MR) is 77.0 cm³/mol. The number of hydrogen-bond donors (Lipinski definition) is 3. The van der Waals surface area contributed by atoms with Gasteiger partial charge >= 0.3 is 5.97 Å². The zero-order valence-corrected chi connectivity index (χ0v) is 13.1. The number of aliphatic hydroxyl groups excluding tert-OH is 1. The average Bonchev–Trinajstić information content (AvgIpc) is 2.36. The number of carbonyl (C=O) groups is 3. The largest absolute Gasteiger partial charge is 0.466 e. The molecule has 0 spiro atoms. The van der Waals surface area contributed by atoms with Gasteiger partial charge in [0.1, 0.15) is 12.1 Å². The number of carbonyl (C=O) groups excluding carboxylic acids is 3. The maximum atomic E-state index is 11.8. The number of nitrogens with two attached hydrogens (primary N) is 1. The van der Waals surface area contributed by atoms with E-state index in [2.05, 4.69) is 5.32 Å². The second-order valence-electron chi connectivity index (χ2n) is 5.50. The van der Waals surface area contributed by atoms with Gasteiger partial charge in [0.05, 0.1) is 12.5 Å². The van der Waals surface area contributed by atoms with Crippen LogP contribution in [-0.4, -0.2) is 41.6 Å². The van der Waals surface area contributed by atoms with Gasteiger partial charge in [-0.3, -0.25) is 14.4 Å². The highest BCUT2D eigenvalue weighted by Gasteiger charge is 2.27. The second-order valence-corrected chi connectivity index (χ2v) is 5.50. The highest BCUT2D eigenvalue weighted by Crippen LogP contribution is 2.10. The number of ether oxygens (including phenoxy) is 1. The van der Waals surface area contributed by atoms with Crippen LogP contribution in [0.2, 0.25) is 0 Å². The number of amides is 2. The van der Waals surface area contributed by atoms with Crippen molar-refractivity contribution < 1.29 is 24.2 Å². The summed E-state index contributed by atoms with van der Waals surface area (Å²) in [6.45, 7) is 7.24. The first-order chi connectivity index (χ1) is 9.68. The molecule has 7 nitrogen and oxygen atoms in total. The van der Waals surface area contributed by atoms with Gasteiger partial charge in [-0.05, 0) is 25.7 Å². The lowest BCUT2D eigenvalue weighted by atomic mass is 10.00. The molecule has 3 atom stereocenters. The summed E-state index contributed by atoms with van der Waals surface area (Å²) in [5, 5.41) is 12.1. The molecule has 0 aliphatic carbocycles. The van der Waals surface area contributed by atoms with Crippen molar-refractivity contribution in [3.63, 3.8) is 0 Å². The normalized spacial score (nSPS) is 15.1. The fraction of sp³-hybridized carbons (Fsp3) is 0.786. The van der Waals surface area contributed by atoms with Crippen molar-refractivity contribution in [1.82, 2.24) is 5.32 Å². The van der Waals surface area contributed by atoms with E-state index in [4.69, 9.17) is 10.5 Å². The Morgan fingerprint density at radius 3 is 2.19 bits per heavy atom. The van der Waals surface area contributed by atoms with Gasteiger partial charge in [0.2, 0.25) is 11.8 Å². The van der Waals surface area contributed by atoms with E-state index in [0.29, 0.717) is 0 Å². The van der Waals surface area contributed by atoms with E-state index >= 15 is 0 Å². The molecule has 0 aromatic heterocycles. The van der Waals surface area contributed by atoms with Gasteiger partial charge in [0.15, 0.2) is 0 Å². The van der Waals surface area contributed by atoms with Crippen LogP contribution in [0.3, 0.4) is 0 Å². The van der Waals surface area contributed by atoms with Gasteiger partial charge in [0, 0.05) is 0 Å². The minimum absolute atomic E-state index is 0.0360. The third-order valence-electron chi connectivity index (χ3n) is 2.94. The third kappa shape index (κ3) is 7.65. The molecule has 0 unspecified atom stereocenters. The molecular weight excluding hydrogens is 276 g/mol. The summed E-state index contributed by atoms with van der Waals surface area (Å²) < 4.78 is 4.84. The maximum Gasteiger partial charge on any atom is 0.308 e. The Morgan fingerprint density at radius 1 is 1.19 bits per heavy atom. The SMILES string of the molecule is CCOC(=O)[C@H](C)C[C@H](NC(=O)[C@@H](O)CC(C)C)C(N)=O. The van der Waals surface area contributed by atoms with E-state index in [-0.39, 0.29) is 25.4 Å². The van der Waals surface area contributed by atoms with Crippen LogP contribution in [-0.2, 0) is 19.1 Å². The number of nitrogens with one attached hydrogen (secondary N) is 1. The van der Waals surface area contributed by atoms with Crippen LogP contribution in [0.15, 0.2) is 0 Å². The molecule has 0 saturated carbocycles. The number of esters is 1. The van der Waals surface area contributed by atoms with Gasteiger partial charge in [0.25, 0.3) is 0 Å². The standard InChI is InChI=1S/C14H26N2O5/c1-5-21-14(20)9(4)7-10(12(15)18)16-13(19)11(17)6-8(2)3/h8-11,17H,5-7H2,1-4H3,(H2,15,18)(H,16,19)/t9-,10+,11+/m1/s1. The molecule has 0 rings (SSSR count). The lowest BCUT2D eigenvalue weighted by Crippen LogP contribution is -2.49. The van der Waals surface area contributed by atoms with Crippen molar-refractivity contribution in [3.8, 4) is 0 Å². The summed E-state index contributed by atoms with van der Waals surface area (Å²) in [5.74, 6) is -2.32. The van der Waals surface area contributed by atoms with Crippen LogP contribution in [0.4, 0.5) is 0 Å². The van der Waals surface area contributed by atoms with Gasteiger partial charge < -0.3 is 20.9 Å². The van der Waals surface area contributed by atoms with Crippen molar-refractivity contribution in [1.29, 1.82) is 0 Å². The Morgan fingerprint density at radius 2 is 1.76 bits per heavy atom. The van der Waals surface area contributed by atoms with Gasteiger partial charge in [-0.1, -0.05) is 20.8 Å². The molecule has 0 aliphatic rings. The van der Waals surface area contributed by atoms with E-state index < -0.39 is 35.8 Å². The Labute approximate surface area is 125 Å². The molecule has 122 valence electrons. The summed E-state index contributed by atoms with van der Waals surface area (Å²) in [5.41, 5.74) is 5.22. The number of aliphatic hydroxyl groups is 1. The Balaban J connectivity index is 4.59. The van der Waals surface area contributed by atoms with E-state index in [0.717, 1.165) is 0 Å². The molecule has 0 aromatic carbocycles. The van der Waals surface area contributed by atoms with Crippen LogP contribution < -0.4 is 11.1 Å². The molecule has 0 aliphatic heterocycles. The zero-order chi connectivity index (χ0) is 16.6. The lowest BCUT2D eigenvalue weighted by molar-refractivity contribution is -0.148. The third-order valence-corrected chi connectivity index (χ3v) is 2.94. The number of rotatable bonds is 9. The second kappa shape index (κ2) is 9.33. The summed E-state index contributed by atoms with van der Waals surface area (Å²) >= 11 is 0. The van der Waals surface area contributed by atoms with Crippen LogP contribution in [0.1, 0.15) is 40.5 Å². The Bertz CT molecular complexity index is 370. The summed E-state index contributed by atoms with van der Waals surface area (Å²) in [6, 6.07) is -1.02. The van der Waals surface area contributed by atoms with E-state index in [9.17, 15) is 19.5 Å². The molecule has 0 heterocycles. The fourth-order valence-electron chi connectivity index (χ4n) is 1.80. The summed E-state index contributed by atoms with van der Waals surface area (Å²) in [6.07, 6.45) is -0.885. The molecule has 7 heteroatoms. The highest BCUT2D eigenvalue weighted by molar-refractivity contribution is 5.88. The van der Waals surface area contributed by atoms with Gasteiger partial charge in [-0.25, -0.2) is 0 Å². The first kappa shape index (κ1) is 19.4. The summed E-state index contributed by atoms with van der Waals surface area (Å²) in [7, 11) is 0. The average molecular weight is 302 g/mol. The highest BCUT2D eigenvalue weighted by atomic mass is 16.5. The van der Waals surface area contributed by atoms with Gasteiger partial charge in [-0.2, -0.15) is 0 Å².